The summed E-state index contributed by atoms with van der Waals surface area (Å²) >= 11 is 0. The van der Waals surface area contributed by atoms with Gasteiger partial charge in [0.15, 0.2) is 0 Å². The molecule has 0 amide bonds. The Labute approximate surface area is 97.0 Å². The fourth-order valence-corrected chi connectivity index (χ4v) is 2.84. The third-order valence-corrected chi connectivity index (χ3v) is 3.78. The molecule has 0 radical (unpaired) electrons. The zero-order valence-corrected chi connectivity index (χ0v) is 9.64. The van der Waals surface area contributed by atoms with E-state index in [2.05, 4.69) is 24.3 Å². The summed E-state index contributed by atoms with van der Waals surface area (Å²) < 4.78 is 0. The van der Waals surface area contributed by atoms with Crippen LogP contribution in [0, 0.1) is 17.8 Å². The molecule has 2 aliphatic rings. The monoisotopic (exact) mass is 220 g/mol. The number of aliphatic carboxylic acids is 1. The van der Waals surface area contributed by atoms with Gasteiger partial charge in [0.25, 0.3) is 0 Å². The fourth-order valence-electron chi connectivity index (χ4n) is 2.84. The highest BCUT2D eigenvalue weighted by Crippen LogP contribution is 2.52. The van der Waals surface area contributed by atoms with Crippen molar-refractivity contribution in [3.05, 3.63) is 24.3 Å². The van der Waals surface area contributed by atoms with Gasteiger partial charge in [0.2, 0.25) is 0 Å². The Bertz CT molecular complexity index is 280. The molecule has 1 fully saturated rings. The van der Waals surface area contributed by atoms with Crippen molar-refractivity contribution in [3.63, 3.8) is 0 Å². The summed E-state index contributed by atoms with van der Waals surface area (Å²) in [5.74, 6) is 0.241. The average molecular weight is 220 g/mol. The van der Waals surface area contributed by atoms with E-state index < -0.39 is 5.97 Å². The first-order valence-electron chi connectivity index (χ1n) is 6.33. The first-order chi connectivity index (χ1) is 7.80. The fraction of sp³-hybridized carbons (Fsp3) is 0.643. The Kier molecular flexibility index (Phi) is 3.81. The highest BCUT2D eigenvalue weighted by atomic mass is 16.4. The minimum absolute atomic E-state index is 0.0532. The first kappa shape index (κ1) is 11.4. The Morgan fingerprint density at radius 3 is 1.75 bits per heavy atom. The summed E-state index contributed by atoms with van der Waals surface area (Å²) in [6, 6.07) is 0. The highest BCUT2D eigenvalue weighted by Gasteiger charge is 2.53. The molecule has 2 nitrogen and oxygen atoms in total. The van der Waals surface area contributed by atoms with Crippen LogP contribution in [-0.4, -0.2) is 11.1 Å². The van der Waals surface area contributed by atoms with Crippen molar-refractivity contribution in [1.29, 1.82) is 0 Å². The Morgan fingerprint density at radius 2 is 1.31 bits per heavy atom. The van der Waals surface area contributed by atoms with Crippen LogP contribution in [0.25, 0.3) is 0 Å². The van der Waals surface area contributed by atoms with E-state index in [4.69, 9.17) is 5.11 Å². The molecule has 2 unspecified atom stereocenters. The van der Waals surface area contributed by atoms with Gasteiger partial charge in [-0.25, -0.2) is 0 Å². The van der Waals surface area contributed by atoms with Crippen molar-refractivity contribution >= 4 is 5.97 Å². The van der Waals surface area contributed by atoms with Crippen LogP contribution in [0.1, 0.15) is 38.5 Å². The maximum atomic E-state index is 11.0. The number of fused-ring (bicyclic) bond motifs is 1. The van der Waals surface area contributed by atoms with Gasteiger partial charge in [-0.2, -0.15) is 0 Å². The summed E-state index contributed by atoms with van der Waals surface area (Å²) in [6.07, 6.45) is 15.3. The van der Waals surface area contributed by atoms with Crippen molar-refractivity contribution in [2.45, 2.75) is 38.5 Å². The van der Waals surface area contributed by atoms with Gasteiger partial charge in [0.1, 0.15) is 0 Å². The molecule has 1 N–H and O–H groups in total. The molecule has 0 aromatic rings. The van der Waals surface area contributed by atoms with Gasteiger partial charge in [0, 0.05) is 0 Å². The minimum atomic E-state index is -0.585. The van der Waals surface area contributed by atoms with Gasteiger partial charge in [-0.05, 0) is 50.4 Å². The summed E-state index contributed by atoms with van der Waals surface area (Å²) in [6.45, 7) is 0. The van der Waals surface area contributed by atoms with Crippen LogP contribution in [0.3, 0.4) is 0 Å². The summed E-state index contributed by atoms with van der Waals surface area (Å²) in [5.41, 5.74) is 0. The molecule has 0 bridgehead atoms. The zero-order valence-electron chi connectivity index (χ0n) is 9.64. The maximum absolute atomic E-state index is 11.0. The summed E-state index contributed by atoms with van der Waals surface area (Å²) in [4.78, 5) is 11.0. The molecule has 0 heterocycles. The van der Waals surface area contributed by atoms with E-state index in [1.165, 1.54) is 0 Å². The molecule has 0 saturated heterocycles. The predicted octanol–water partition coefficient (Wildman–Crippen LogP) is 3.40. The lowest BCUT2D eigenvalue weighted by Gasteiger charge is -1.97. The van der Waals surface area contributed by atoms with Crippen LogP contribution in [0.2, 0.25) is 0 Å². The van der Waals surface area contributed by atoms with Crippen LogP contribution in [0.4, 0.5) is 0 Å². The second kappa shape index (κ2) is 5.33. The molecule has 0 spiro atoms. The maximum Gasteiger partial charge on any atom is 0.307 e. The third-order valence-electron chi connectivity index (χ3n) is 3.78. The van der Waals surface area contributed by atoms with Gasteiger partial charge in [-0.3, -0.25) is 4.79 Å². The Morgan fingerprint density at radius 1 is 0.875 bits per heavy atom. The van der Waals surface area contributed by atoms with E-state index >= 15 is 0 Å². The summed E-state index contributed by atoms with van der Waals surface area (Å²) in [7, 11) is 0. The average Bonchev–Trinajstić information content (AvgIpc) is 2.91. The van der Waals surface area contributed by atoms with Gasteiger partial charge < -0.3 is 5.11 Å². The molecule has 16 heavy (non-hydrogen) atoms. The number of allylic oxidation sites excluding steroid dienone is 4. The molecule has 0 aromatic carbocycles. The van der Waals surface area contributed by atoms with Crippen molar-refractivity contribution < 1.29 is 9.90 Å². The van der Waals surface area contributed by atoms with E-state index in [0.717, 1.165) is 38.5 Å². The molecule has 0 aromatic heterocycles. The SMILES string of the molecule is O=C(O)C1C2CC/C=C\CC/C=C\CCC21. The van der Waals surface area contributed by atoms with Crippen molar-refractivity contribution in [1.82, 2.24) is 0 Å². The molecule has 2 heteroatoms. The molecule has 2 atom stereocenters. The third kappa shape index (κ3) is 2.75. The van der Waals surface area contributed by atoms with Gasteiger partial charge >= 0.3 is 5.97 Å². The van der Waals surface area contributed by atoms with Crippen molar-refractivity contribution in [2.24, 2.45) is 17.8 Å². The van der Waals surface area contributed by atoms with Crippen molar-refractivity contribution in [3.8, 4) is 0 Å². The molecule has 2 rings (SSSR count). The molecular weight excluding hydrogens is 200 g/mol. The lowest BCUT2D eigenvalue weighted by Crippen LogP contribution is -2.00. The molecule has 1 saturated carbocycles. The molecule has 88 valence electrons. The number of carboxylic acids is 1. The Balaban J connectivity index is 1.92. The quantitative estimate of drug-likeness (QED) is 0.688. The van der Waals surface area contributed by atoms with E-state index in [0.29, 0.717) is 11.8 Å². The van der Waals surface area contributed by atoms with Gasteiger partial charge in [0.05, 0.1) is 5.92 Å². The number of carbonyl (C=O) groups is 1. The standard InChI is InChI=1S/C14H20O2/c15-14(16)13-11-9-7-5-3-1-2-4-6-8-10-12(11)13/h3-6,11-13H,1-2,7-10H2,(H,15,16)/b5-3-,6-4-. The second-order valence-corrected chi connectivity index (χ2v) is 4.87. The Hall–Kier alpha value is -1.05. The lowest BCUT2D eigenvalue weighted by molar-refractivity contribution is -0.139. The van der Waals surface area contributed by atoms with E-state index in [1.54, 1.807) is 0 Å². The lowest BCUT2D eigenvalue weighted by atomic mass is 10.1. The highest BCUT2D eigenvalue weighted by molar-refractivity contribution is 5.74. The smallest absolute Gasteiger partial charge is 0.307 e. The molecule has 2 aliphatic carbocycles. The van der Waals surface area contributed by atoms with Crippen LogP contribution in [-0.2, 0) is 4.79 Å². The number of carboxylic acid groups (broad SMARTS) is 1. The van der Waals surface area contributed by atoms with Gasteiger partial charge in [-0.1, -0.05) is 24.3 Å². The number of rotatable bonds is 1. The summed E-state index contributed by atoms with van der Waals surface area (Å²) in [5, 5.41) is 9.08. The van der Waals surface area contributed by atoms with Crippen LogP contribution >= 0.6 is 0 Å². The van der Waals surface area contributed by atoms with Crippen LogP contribution < -0.4 is 0 Å². The first-order valence-corrected chi connectivity index (χ1v) is 6.33. The minimum Gasteiger partial charge on any atom is -0.481 e. The zero-order chi connectivity index (χ0) is 11.4. The van der Waals surface area contributed by atoms with E-state index in [-0.39, 0.29) is 5.92 Å². The second-order valence-electron chi connectivity index (χ2n) is 4.87. The topological polar surface area (TPSA) is 37.3 Å². The van der Waals surface area contributed by atoms with Crippen molar-refractivity contribution in [2.75, 3.05) is 0 Å². The van der Waals surface area contributed by atoms with Gasteiger partial charge in [-0.15, -0.1) is 0 Å². The molecular formula is C14H20O2. The van der Waals surface area contributed by atoms with Crippen LogP contribution in [0.5, 0.6) is 0 Å². The largest absolute Gasteiger partial charge is 0.481 e. The van der Waals surface area contributed by atoms with E-state index in [1.807, 2.05) is 0 Å². The predicted molar refractivity (Wildman–Crippen MR) is 64.1 cm³/mol. The number of hydrogen-bond acceptors (Lipinski definition) is 1. The molecule has 0 aliphatic heterocycles. The number of hydrogen-bond donors (Lipinski definition) is 1. The van der Waals surface area contributed by atoms with Crippen LogP contribution in [0.15, 0.2) is 24.3 Å². The normalized spacial score (nSPS) is 38.6. The van der Waals surface area contributed by atoms with E-state index in [9.17, 15) is 4.79 Å².